The van der Waals surface area contributed by atoms with E-state index >= 15 is 0 Å². The molecular formula is C16H18ClN5. The predicted molar refractivity (Wildman–Crippen MR) is 84.2 cm³/mol. The Morgan fingerprint density at radius 2 is 2.27 bits per heavy atom. The average molecular weight is 316 g/mol. The van der Waals surface area contributed by atoms with Crippen LogP contribution in [0.15, 0.2) is 18.6 Å². The number of aryl methyl sites for hydroxylation is 1. The van der Waals surface area contributed by atoms with Crippen molar-refractivity contribution in [2.24, 2.45) is 5.92 Å². The molecule has 5 nitrogen and oxygen atoms in total. The number of rotatable bonds is 4. The van der Waals surface area contributed by atoms with E-state index < -0.39 is 0 Å². The molecule has 2 atom stereocenters. The van der Waals surface area contributed by atoms with Crippen LogP contribution in [0.5, 0.6) is 0 Å². The van der Waals surface area contributed by atoms with Crippen molar-refractivity contribution < 1.29 is 0 Å². The molecule has 1 fully saturated rings. The predicted octanol–water partition coefficient (Wildman–Crippen LogP) is 3.95. The fourth-order valence-electron chi connectivity index (χ4n) is 3.19. The lowest BCUT2D eigenvalue weighted by Crippen LogP contribution is -2.06. The number of hydrogen-bond acceptors (Lipinski definition) is 4. The maximum atomic E-state index is 8.70. The molecule has 3 rings (SSSR count). The Bertz CT molecular complexity index is 703. The van der Waals surface area contributed by atoms with E-state index in [-0.39, 0.29) is 5.28 Å². The molecule has 0 spiro atoms. The molecule has 0 amide bonds. The van der Waals surface area contributed by atoms with Crippen LogP contribution in [-0.4, -0.2) is 19.7 Å². The molecule has 114 valence electrons. The number of nitrogens with zero attached hydrogens (tertiary/aromatic N) is 5. The monoisotopic (exact) mass is 315 g/mol. The standard InChI is InChI=1S/C16H18ClN5/c1-11-8-19-16(17)21-15(11)13-9-20-22(10-13)14-5-4-12(7-14)3-2-6-18/h8-10,12,14H,2-5,7H2,1H3. The van der Waals surface area contributed by atoms with Crippen molar-refractivity contribution >= 4 is 11.6 Å². The fourth-order valence-corrected chi connectivity index (χ4v) is 3.33. The van der Waals surface area contributed by atoms with Crippen molar-refractivity contribution in [2.45, 2.75) is 45.1 Å². The van der Waals surface area contributed by atoms with Crippen molar-refractivity contribution in [3.05, 3.63) is 29.4 Å². The van der Waals surface area contributed by atoms with Crippen LogP contribution in [0, 0.1) is 24.2 Å². The van der Waals surface area contributed by atoms with E-state index in [1.807, 2.05) is 24.0 Å². The third kappa shape index (κ3) is 3.12. The van der Waals surface area contributed by atoms with Crippen molar-refractivity contribution in [3.8, 4) is 17.3 Å². The average Bonchev–Trinajstić information content (AvgIpc) is 3.16. The van der Waals surface area contributed by atoms with Crippen LogP contribution in [0.4, 0.5) is 0 Å². The van der Waals surface area contributed by atoms with Crippen LogP contribution in [0.2, 0.25) is 5.28 Å². The van der Waals surface area contributed by atoms with Gasteiger partial charge in [-0.15, -0.1) is 0 Å². The SMILES string of the molecule is Cc1cnc(Cl)nc1-c1cnn(C2CCC(CCC#N)C2)c1. The lowest BCUT2D eigenvalue weighted by molar-refractivity contribution is 0.430. The van der Waals surface area contributed by atoms with Gasteiger partial charge in [-0.05, 0) is 55.7 Å². The molecule has 22 heavy (non-hydrogen) atoms. The zero-order valence-electron chi connectivity index (χ0n) is 12.5. The Balaban J connectivity index is 1.75. The number of halogens is 1. The van der Waals surface area contributed by atoms with Crippen molar-refractivity contribution in [1.29, 1.82) is 5.26 Å². The Morgan fingerprint density at radius 3 is 3.09 bits per heavy atom. The van der Waals surface area contributed by atoms with Crippen molar-refractivity contribution in [2.75, 3.05) is 0 Å². The summed E-state index contributed by atoms with van der Waals surface area (Å²) in [6.07, 6.45) is 10.7. The van der Waals surface area contributed by atoms with Crippen LogP contribution < -0.4 is 0 Å². The lowest BCUT2D eigenvalue weighted by Gasteiger charge is -2.11. The Morgan fingerprint density at radius 1 is 1.41 bits per heavy atom. The first-order valence-corrected chi connectivity index (χ1v) is 7.95. The molecule has 2 unspecified atom stereocenters. The molecule has 1 aliphatic rings. The summed E-state index contributed by atoms with van der Waals surface area (Å²) in [5.41, 5.74) is 2.80. The van der Waals surface area contributed by atoms with Gasteiger partial charge >= 0.3 is 0 Å². The van der Waals surface area contributed by atoms with Crippen LogP contribution in [0.3, 0.4) is 0 Å². The highest BCUT2D eigenvalue weighted by atomic mass is 35.5. The topological polar surface area (TPSA) is 67.4 Å². The molecule has 0 aromatic carbocycles. The third-order valence-corrected chi connectivity index (χ3v) is 4.55. The molecule has 0 radical (unpaired) electrons. The van der Waals surface area contributed by atoms with E-state index in [4.69, 9.17) is 16.9 Å². The largest absolute Gasteiger partial charge is 0.269 e. The molecule has 2 aromatic rings. The quantitative estimate of drug-likeness (QED) is 0.801. The normalized spacial score (nSPS) is 21.0. The molecule has 0 bridgehead atoms. The Labute approximate surface area is 135 Å². The summed E-state index contributed by atoms with van der Waals surface area (Å²) in [4.78, 5) is 8.29. The van der Waals surface area contributed by atoms with Gasteiger partial charge in [0.25, 0.3) is 0 Å². The van der Waals surface area contributed by atoms with Crippen LogP contribution in [-0.2, 0) is 0 Å². The van der Waals surface area contributed by atoms with Gasteiger partial charge in [0.1, 0.15) is 0 Å². The first kappa shape index (κ1) is 15.0. The van der Waals surface area contributed by atoms with Gasteiger partial charge in [-0.1, -0.05) is 0 Å². The molecule has 1 aliphatic carbocycles. The van der Waals surface area contributed by atoms with Gasteiger partial charge in [0.05, 0.1) is 24.0 Å². The molecule has 0 N–H and O–H groups in total. The van der Waals surface area contributed by atoms with E-state index in [1.165, 1.54) is 6.42 Å². The van der Waals surface area contributed by atoms with Gasteiger partial charge in [0, 0.05) is 24.4 Å². The minimum Gasteiger partial charge on any atom is -0.269 e. The second-order valence-electron chi connectivity index (χ2n) is 5.91. The summed E-state index contributed by atoms with van der Waals surface area (Å²) in [5.74, 6) is 0.646. The fraction of sp³-hybridized carbons (Fsp3) is 0.500. The summed E-state index contributed by atoms with van der Waals surface area (Å²) in [7, 11) is 0. The van der Waals surface area contributed by atoms with Gasteiger partial charge in [-0.3, -0.25) is 4.68 Å². The molecule has 2 heterocycles. The molecule has 6 heteroatoms. The Hall–Kier alpha value is -1.93. The summed E-state index contributed by atoms with van der Waals surface area (Å²) >= 11 is 5.89. The third-order valence-electron chi connectivity index (χ3n) is 4.37. The molecular weight excluding hydrogens is 298 g/mol. The van der Waals surface area contributed by atoms with Crippen LogP contribution in [0.25, 0.3) is 11.3 Å². The second-order valence-corrected chi connectivity index (χ2v) is 6.25. The maximum Gasteiger partial charge on any atom is 0.222 e. The number of aromatic nitrogens is 4. The van der Waals surface area contributed by atoms with Gasteiger partial charge in [0.15, 0.2) is 0 Å². The van der Waals surface area contributed by atoms with Gasteiger partial charge < -0.3 is 0 Å². The lowest BCUT2D eigenvalue weighted by atomic mass is 10.0. The second kappa shape index (κ2) is 6.45. The Kier molecular flexibility index (Phi) is 4.39. The number of hydrogen-bond donors (Lipinski definition) is 0. The van der Waals surface area contributed by atoms with E-state index in [1.54, 1.807) is 6.20 Å². The maximum absolute atomic E-state index is 8.70. The summed E-state index contributed by atoms with van der Waals surface area (Å²) in [6.45, 7) is 1.97. The van der Waals surface area contributed by atoms with Crippen LogP contribution in [0.1, 0.15) is 43.7 Å². The molecule has 1 saturated carbocycles. The van der Waals surface area contributed by atoms with Crippen molar-refractivity contribution in [3.63, 3.8) is 0 Å². The van der Waals surface area contributed by atoms with Gasteiger partial charge in [0.2, 0.25) is 5.28 Å². The highest BCUT2D eigenvalue weighted by Crippen LogP contribution is 2.37. The highest BCUT2D eigenvalue weighted by Gasteiger charge is 2.26. The van der Waals surface area contributed by atoms with Crippen LogP contribution >= 0.6 is 11.6 Å². The highest BCUT2D eigenvalue weighted by molar-refractivity contribution is 6.28. The van der Waals surface area contributed by atoms with Gasteiger partial charge in [-0.25, -0.2) is 9.97 Å². The molecule has 2 aromatic heterocycles. The van der Waals surface area contributed by atoms with E-state index in [0.717, 1.165) is 36.1 Å². The first-order valence-electron chi connectivity index (χ1n) is 7.58. The van der Waals surface area contributed by atoms with Crippen molar-refractivity contribution in [1.82, 2.24) is 19.7 Å². The molecule has 0 saturated heterocycles. The van der Waals surface area contributed by atoms with E-state index in [2.05, 4.69) is 21.1 Å². The van der Waals surface area contributed by atoms with E-state index in [9.17, 15) is 0 Å². The molecule has 0 aliphatic heterocycles. The minimum absolute atomic E-state index is 0.255. The van der Waals surface area contributed by atoms with Gasteiger partial charge in [-0.2, -0.15) is 10.4 Å². The zero-order valence-corrected chi connectivity index (χ0v) is 13.3. The number of nitriles is 1. The minimum atomic E-state index is 0.255. The first-order chi connectivity index (χ1) is 10.7. The summed E-state index contributed by atoms with van der Waals surface area (Å²) in [6, 6.07) is 2.66. The summed E-state index contributed by atoms with van der Waals surface area (Å²) < 4.78 is 2.04. The summed E-state index contributed by atoms with van der Waals surface area (Å²) in [5, 5.41) is 13.5. The smallest absolute Gasteiger partial charge is 0.222 e. The van der Waals surface area contributed by atoms with E-state index in [0.29, 0.717) is 18.4 Å². The zero-order chi connectivity index (χ0) is 15.5.